The molecule has 0 saturated carbocycles. The van der Waals surface area contributed by atoms with Crippen molar-refractivity contribution in [1.82, 2.24) is 10.2 Å². The topological polar surface area (TPSA) is 92.8 Å². The maximum Gasteiger partial charge on any atom is 0.410 e. The molecule has 2 aliphatic rings. The summed E-state index contributed by atoms with van der Waals surface area (Å²) in [6.07, 6.45) is 1.23. The van der Waals surface area contributed by atoms with Crippen LogP contribution >= 0.6 is 0 Å². The first-order valence-corrected chi connectivity index (χ1v) is 10.2. The second-order valence-electron chi connectivity index (χ2n) is 8.13. The van der Waals surface area contributed by atoms with Crippen LogP contribution in [-0.2, 0) is 19.4 Å². The number of amides is 2. The Morgan fingerprint density at radius 2 is 1.79 bits per heavy atom. The molecule has 0 unspecified atom stereocenters. The van der Waals surface area contributed by atoms with Gasteiger partial charge in [-0.3, -0.25) is 4.79 Å². The fraction of sp³-hybridized carbons (Fsp3) is 0.875. The summed E-state index contributed by atoms with van der Waals surface area (Å²) in [4.78, 5) is 26.1. The molecule has 0 aromatic carbocycles. The van der Waals surface area contributed by atoms with Gasteiger partial charge in [-0.05, 0) is 47.0 Å². The third kappa shape index (κ3) is 5.09. The van der Waals surface area contributed by atoms with Crippen molar-refractivity contribution in [2.45, 2.75) is 58.1 Å². The van der Waals surface area contributed by atoms with Crippen molar-refractivity contribution in [3.63, 3.8) is 0 Å². The lowest BCUT2D eigenvalue weighted by Crippen LogP contribution is -2.51. The Kier molecular flexibility index (Phi) is 5.18. The quantitative estimate of drug-likeness (QED) is 0.802. The van der Waals surface area contributed by atoms with Gasteiger partial charge in [-0.1, -0.05) is 0 Å². The number of carbonyl (C=O) groups is 2. The molecule has 8 heteroatoms. The average molecular weight is 360 g/mol. The number of hydrogen-bond donors (Lipinski definition) is 1. The van der Waals surface area contributed by atoms with Gasteiger partial charge in [0.1, 0.15) is 5.60 Å². The molecule has 0 aliphatic carbocycles. The van der Waals surface area contributed by atoms with Crippen LogP contribution in [0.5, 0.6) is 0 Å². The molecule has 1 atom stereocenters. The van der Waals surface area contributed by atoms with Crippen molar-refractivity contribution in [3.05, 3.63) is 0 Å². The molecule has 1 N–H and O–H groups in total. The molecule has 138 valence electrons. The van der Waals surface area contributed by atoms with Crippen molar-refractivity contribution in [1.29, 1.82) is 0 Å². The summed E-state index contributed by atoms with van der Waals surface area (Å²) < 4.78 is 28.6. The van der Waals surface area contributed by atoms with E-state index >= 15 is 0 Å². The van der Waals surface area contributed by atoms with Crippen LogP contribution in [0, 0.1) is 5.92 Å². The maximum atomic E-state index is 12.4. The molecular formula is C16H28N2O5S. The molecule has 0 aromatic heterocycles. The first kappa shape index (κ1) is 19.0. The number of nitrogens with zero attached hydrogens (tertiary/aromatic N) is 1. The van der Waals surface area contributed by atoms with Gasteiger partial charge in [-0.2, -0.15) is 0 Å². The van der Waals surface area contributed by atoms with E-state index in [-0.39, 0.29) is 29.4 Å². The van der Waals surface area contributed by atoms with Gasteiger partial charge in [0.15, 0.2) is 9.84 Å². The number of hydrogen-bond acceptors (Lipinski definition) is 5. The van der Waals surface area contributed by atoms with E-state index in [1.807, 2.05) is 20.8 Å². The number of nitrogens with one attached hydrogen (secondary N) is 1. The Hall–Kier alpha value is -1.31. The van der Waals surface area contributed by atoms with Crippen molar-refractivity contribution in [2.75, 3.05) is 24.6 Å². The SMILES string of the molecule is CC(C)(C)OC(=O)N1CCC(C(=O)N[C@@]2(C)CCS(=O)(=O)C2)CC1. The first-order chi connectivity index (χ1) is 10.9. The minimum absolute atomic E-state index is 0.00247. The lowest BCUT2D eigenvalue weighted by atomic mass is 9.93. The Morgan fingerprint density at radius 1 is 1.21 bits per heavy atom. The minimum atomic E-state index is -3.05. The highest BCUT2D eigenvalue weighted by atomic mass is 32.2. The van der Waals surface area contributed by atoms with Gasteiger partial charge in [0.2, 0.25) is 5.91 Å². The molecule has 7 nitrogen and oxygen atoms in total. The number of carbonyl (C=O) groups excluding carboxylic acids is 2. The second kappa shape index (κ2) is 6.54. The lowest BCUT2D eigenvalue weighted by molar-refractivity contribution is -0.128. The minimum Gasteiger partial charge on any atom is -0.444 e. The molecule has 24 heavy (non-hydrogen) atoms. The summed E-state index contributed by atoms with van der Waals surface area (Å²) in [5.41, 5.74) is -1.20. The zero-order valence-electron chi connectivity index (χ0n) is 14.9. The van der Waals surface area contributed by atoms with Crippen molar-refractivity contribution in [2.24, 2.45) is 5.92 Å². The number of likely N-dealkylation sites (tertiary alicyclic amines) is 1. The highest BCUT2D eigenvalue weighted by molar-refractivity contribution is 7.91. The van der Waals surface area contributed by atoms with Crippen LogP contribution in [-0.4, -0.2) is 61.1 Å². The predicted octanol–water partition coefficient (Wildman–Crippen LogP) is 1.33. The summed E-state index contributed by atoms with van der Waals surface area (Å²) in [5.74, 6) is -0.175. The fourth-order valence-electron chi connectivity index (χ4n) is 3.16. The normalized spacial score (nSPS) is 27.8. The molecule has 2 fully saturated rings. The van der Waals surface area contributed by atoms with Crippen LogP contribution in [0.15, 0.2) is 0 Å². The predicted molar refractivity (Wildman–Crippen MR) is 90.3 cm³/mol. The number of ether oxygens (including phenoxy) is 1. The zero-order chi connectivity index (χ0) is 18.2. The molecule has 0 bridgehead atoms. The molecule has 0 spiro atoms. The molecule has 2 aliphatic heterocycles. The van der Waals surface area contributed by atoms with Gasteiger partial charge in [0, 0.05) is 19.0 Å². The summed E-state index contributed by atoms with van der Waals surface area (Å²) in [6.45, 7) is 8.19. The van der Waals surface area contributed by atoms with Gasteiger partial charge in [0.25, 0.3) is 0 Å². The van der Waals surface area contributed by atoms with Gasteiger partial charge >= 0.3 is 6.09 Å². The maximum absolute atomic E-state index is 12.4. The zero-order valence-corrected chi connectivity index (χ0v) is 15.7. The third-order valence-corrected chi connectivity index (χ3v) is 6.35. The highest BCUT2D eigenvalue weighted by Crippen LogP contribution is 2.25. The van der Waals surface area contributed by atoms with Crippen molar-refractivity contribution >= 4 is 21.8 Å². The fourth-order valence-corrected chi connectivity index (χ4v) is 5.25. The molecule has 0 radical (unpaired) electrons. The Labute approximate surface area is 144 Å². The van der Waals surface area contributed by atoms with Crippen molar-refractivity contribution < 1.29 is 22.7 Å². The Bertz CT molecular complexity index is 602. The van der Waals surface area contributed by atoms with Crippen molar-refractivity contribution in [3.8, 4) is 0 Å². The third-order valence-electron chi connectivity index (χ3n) is 4.45. The molecule has 2 rings (SSSR count). The van der Waals surface area contributed by atoms with E-state index in [1.165, 1.54) is 0 Å². The van der Waals surface area contributed by atoms with Crippen LogP contribution in [0.4, 0.5) is 4.79 Å². The van der Waals surface area contributed by atoms with Gasteiger partial charge in [-0.15, -0.1) is 0 Å². The first-order valence-electron chi connectivity index (χ1n) is 8.40. The van der Waals surface area contributed by atoms with Gasteiger partial charge in [0.05, 0.1) is 17.0 Å². The van der Waals surface area contributed by atoms with E-state index in [0.29, 0.717) is 32.4 Å². The lowest BCUT2D eigenvalue weighted by Gasteiger charge is -2.34. The van der Waals surface area contributed by atoms with Crippen LogP contribution < -0.4 is 5.32 Å². The second-order valence-corrected chi connectivity index (χ2v) is 10.3. The molecule has 2 saturated heterocycles. The number of sulfone groups is 1. The van der Waals surface area contributed by atoms with Gasteiger partial charge in [-0.25, -0.2) is 13.2 Å². The largest absolute Gasteiger partial charge is 0.444 e. The Balaban J connectivity index is 1.84. The summed E-state index contributed by atoms with van der Waals surface area (Å²) in [5, 5.41) is 2.91. The summed E-state index contributed by atoms with van der Waals surface area (Å²) in [7, 11) is -3.05. The van der Waals surface area contributed by atoms with Gasteiger partial charge < -0.3 is 15.0 Å². The van der Waals surface area contributed by atoms with E-state index < -0.39 is 21.0 Å². The molecular weight excluding hydrogens is 332 g/mol. The van der Waals surface area contributed by atoms with Crippen LogP contribution in [0.1, 0.15) is 47.0 Å². The van der Waals surface area contributed by atoms with E-state index in [0.717, 1.165) is 0 Å². The highest BCUT2D eigenvalue weighted by Gasteiger charge is 2.41. The Morgan fingerprint density at radius 3 is 2.25 bits per heavy atom. The average Bonchev–Trinajstić information content (AvgIpc) is 2.70. The molecule has 0 aromatic rings. The summed E-state index contributed by atoms with van der Waals surface area (Å²) >= 11 is 0. The van der Waals surface area contributed by atoms with E-state index in [9.17, 15) is 18.0 Å². The standard InChI is InChI=1S/C16H28N2O5S/c1-15(2,3)23-14(20)18-8-5-12(6-9-18)13(19)17-16(4)7-10-24(21,22)11-16/h12H,5-11H2,1-4H3,(H,17,19)/t16-/m0/s1. The number of rotatable bonds is 2. The van der Waals surface area contributed by atoms with E-state index in [1.54, 1.807) is 11.8 Å². The smallest absolute Gasteiger partial charge is 0.410 e. The van der Waals surface area contributed by atoms with E-state index in [2.05, 4.69) is 5.32 Å². The van der Waals surface area contributed by atoms with Crippen LogP contribution in [0.25, 0.3) is 0 Å². The molecule has 2 amide bonds. The van der Waals surface area contributed by atoms with E-state index in [4.69, 9.17) is 4.74 Å². The molecule has 2 heterocycles. The monoisotopic (exact) mass is 360 g/mol. The van der Waals surface area contributed by atoms with Crippen LogP contribution in [0.3, 0.4) is 0 Å². The van der Waals surface area contributed by atoms with Crippen LogP contribution in [0.2, 0.25) is 0 Å². The number of piperidine rings is 1. The summed E-state index contributed by atoms with van der Waals surface area (Å²) in [6, 6.07) is 0.